The largest absolute Gasteiger partial charge is 0.489 e. The lowest BCUT2D eigenvalue weighted by Crippen LogP contribution is -2.31. The predicted octanol–water partition coefficient (Wildman–Crippen LogP) is 3.06. The molecule has 0 radical (unpaired) electrons. The molecule has 0 atom stereocenters. The van der Waals surface area contributed by atoms with Crippen LogP contribution >= 0.6 is 0 Å². The number of hydrogen-bond acceptors (Lipinski definition) is 4. The molecule has 1 amide bonds. The highest BCUT2D eigenvalue weighted by atomic mass is 32.2. The molecule has 2 saturated carbocycles. The molecule has 150 valence electrons. The van der Waals surface area contributed by atoms with Crippen molar-refractivity contribution in [2.75, 3.05) is 14.1 Å². The van der Waals surface area contributed by atoms with Crippen LogP contribution in [0, 0.1) is 11.2 Å². The van der Waals surface area contributed by atoms with Crippen molar-refractivity contribution in [1.29, 1.82) is 0 Å². The molecule has 2 aliphatic rings. The van der Waals surface area contributed by atoms with Crippen molar-refractivity contribution in [3.05, 3.63) is 23.5 Å². The van der Waals surface area contributed by atoms with E-state index in [-0.39, 0.29) is 11.9 Å². The van der Waals surface area contributed by atoms with Crippen molar-refractivity contribution in [2.24, 2.45) is 11.1 Å². The molecule has 6 nitrogen and oxygen atoms in total. The number of carbonyl (C=O) groups is 1. The number of rotatable bonds is 5. The Kier molecular flexibility index (Phi) is 5.49. The van der Waals surface area contributed by atoms with E-state index >= 15 is 0 Å². The fourth-order valence-corrected chi connectivity index (χ4v) is 5.44. The van der Waals surface area contributed by atoms with Gasteiger partial charge in [0.25, 0.3) is 5.91 Å². The highest BCUT2D eigenvalue weighted by molar-refractivity contribution is 7.89. The maximum absolute atomic E-state index is 14.8. The van der Waals surface area contributed by atoms with Crippen molar-refractivity contribution in [1.82, 2.24) is 4.31 Å². The van der Waals surface area contributed by atoms with Gasteiger partial charge in [-0.3, -0.25) is 4.79 Å². The third kappa shape index (κ3) is 3.82. The first-order valence-electron chi connectivity index (χ1n) is 9.38. The normalized spacial score (nSPS) is 20.3. The third-order valence-electron chi connectivity index (χ3n) is 6.02. The maximum Gasteiger partial charge on any atom is 0.251 e. The summed E-state index contributed by atoms with van der Waals surface area (Å²) in [5.74, 6) is -2.23. The number of hydrogen-bond donors (Lipinski definition) is 1. The lowest BCUT2D eigenvalue weighted by molar-refractivity contribution is 0.0797. The van der Waals surface area contributed by atoms with Gasteiger partial charge in [-0.2, -0.15) is 0 Å². The number of sulfonamides is 1. The second-order valence-electron chi connectivity index (χ2n) is 7.93. The quantitative estimate of drug-likeness (QED) is 0.825. The molecule has 1 aromatic carbocycles. The zero-order valence-corrected chi connectivity index (χ0v) is 16.6. The highest BCUT2D eigenvalue weighted by Crippen LogP contribution is 2.49. The minimum absolute atomic E-state index is 0.0569. The summed E-state index contributed by atoms with van der Waals surface area (Å²) >= 11 is 0. The van der Waals surface area contributed by atoms with E-state index in [0.29, 0.717) is 5.41 Å². The number of carbonyl (C=O) groups excluding carboxylic acids is 1. The Morgan fingerprint density at radius 2 is 1.78 bits per heavy atom. The zero-order chi connectivity index (χ0) is 19.8. The first-order chi connectivity index (χ1) is 12.7. The van der Waals surface area contributed by atoms with E-state index in [1.54, 1.807) is 0 Å². The summed E-state index contributed by atoms with van der Waals surface area (Å²) in [4.78, 5) is 10.8. The van der Waals surface area contributed by atoms with Crippen LogP contribution in [0.4, 0.5) is 4.39 Å². The minimum atomic E-state index is -4.14. The van der Waals surface area contributed by atoms with Gasteiger partial charge in [0.05, 0.1) is 11.7 Å². The molecule has 8 heteroatoms. The number of nitrogens with zero attached hydrogens (tertiary/aromatic N) is 1. The van der Waals surface area contributed by atoms with Crippen LogP contribution in [-0.4, -0.2) is 38.8 Å². The van der Waals surface area contributed by atoms with E-state index in [9.17, 15) is 17.6 Å². The van der Waals surface area contributed by atoms with Crippen molar-refractivity contribution in [2.45, 2.75) is 62.4 Å². The second-order valence-corrected chi connectivity index (χ2v) is 10.0. The van der Waals surface area contributed by atoms with Gasteiger partial charge in [0.15, 0.2) is 10.7 Å². The Balaban J connectivity index is 1.89. The number of primary amides is 1. The van der Waals surface area contributed by atoms with Crippen molar-refractivity contribution >= 4 is 15.9 Å². The Morgan fingerprint density at radius 3 is 2.30 bits per heavy atom. The molecule has 3 rings (SSSR count). The zero-order valence-electron chi connectivity index (χ0n) is 15.8. The number of nitrogens with two attached hydrogens (primary N) is 1. The fourth-order valence-electron chi connectivity index (χ4n) is 4.37. The van der Waals surface area contributed by atoms with Gasteiger partial charge in [-0.1, -0.05) is 12.8 Å². The van der Waals surface area contributed by atoms with Crippen LogP contribution in [0.15, 0.2) is 17.0 Å². The van der Waals surface area contributed by atoms with Gasteiger partial charge in [-0.05, 0) is 56.1 Å². The molecular weight excluding hydrogens is 371 g/mol. The molecule has 0 aromatic heterocycles. The minimum Gasteiger partial charge on any atom is -0.489 e. The van der Waals surface area contributed by atoms with Gasteiger partial charge < -0.3 is 10.5 Å². The first-order valence-corrected chi connectivity index (χ1v) is 10.8. The second kappa shape index (κ2) is 7.39. The molecule has 0 aliphatic heterocycles. The Labute approximate surface area is 159 Å². The van der Waals surface area contributed by atoms with E-state index in [1.165, 1.54) is 51.9 Å². The standard InChI is InChI=1S/C19H27FN2O4S/c1-22(2)27(24,25)17-15(6-5-14(16(17)20)18(21)23)26-13-7-11-19(12-8-13)9-3-4-10-19/h5-6,13H,3-4,7-12H2,1-2H3,(H2,21,23). The van der Waals surface area contributed by atoms with Crippen LogP contribution in [0.5, 0.6) is 5.75 Å². The Hall–Kier alpha value is -1.67. The first kappa shape index (κ1) is 20.1. The lowest BCUT2D eigenvalue weighted by Gasteiger charge is -2.37. The van der Waals surface area contributed by atoms with Gasteiger partial charge in [0, 0.05) is 14.1 Å². The number of halogens is 1. The molecule has 1 aromatic rings. The summed E-state index contributed by atoms with van der Waals surface area (Å²) in [7, 11) is -1.53. The average Bonchev–Trinajstić information content (AvgIpc) is 3.05. The summed E-state index contributed by atoms with van der Waals surface area (Å²) in [5, 5.41) is 0. The summed E-state index contributed by atoms with van der Waals surface area (Å²) in [6, 6.07) is 2.52. The molecule has 0 heterocycles. The topological polar surface area (TPSA) is 89.7 Å². The van der Waals surface area contributed by atoms with Gasteiger partial charge in [0.2, 0.25) is 10.0 Å². The van der Waals surface area contributed by atoms with Crippen LogP contribution in [-0.2, 0) is 10.0 Å². The van der Waals surface area contributed by atoms with Gasteiger partial charge in [0.1, 0.15) is 5.75 Å². The Morgan fingerprint density at radius 1 is 1.19 bits per heavy atom. The molecule has 27 heavy (non-hydrogen) atoms. The van der Waals surface area contributed by atoms with Crippen molar-refractivity contribution < 1.29 is 22.3 Å². The van der Waals surface area contributed by atoms with Crippen LogP contribution in [0.3, 0.4) is 0 Å². The molecule has 0 bridgehead atoms. The summed E-state index contributed by atoms with van der Waals surface area (Å²) in [5.41, 5.74) is 5.13. The van der Waals surface area contributed by atoms with Crippen LogP contribution in [0.25, 0.3) is 0 Å². The molecule has 0 saturated heterocycles. The van der Waals surface area contributed by atoms with Gasteiger partial charge >= 0.3 is 0 Å². The van der Waals surface area contributed by atoms with E-state index < -0.39 is 32.2 Å². The highest BCUT2D eigenvalue weighted by Gasteiger charge is 2.39. The summed E-state index contributed by atoms with van der Waals surface area (Å²) < 4.78 is 47.0. The van der Waals surface area contributed by atoms with Crippen LogP contribution in [0.2, 0.25) is 0 Å². The summed E-state index contributed by atoms with van der Waals surface area (Å²) in [6.45, 7) is 0. The van der Waals surface area contributed by atoms with Gasteiger partial charge in [-0.15, -0.1) is 0 Å². The molecule has 1 spiro atoms. The number of amides is 1. The molecule has 2 aliphatic carbocycles. The van der Waals surface area contributed by atoms with E-state index in [4.69, 9.17) is 10.5 Å². The molecule has 2 fully saturated rings. The lowest BCUT2D eigenvalue weighted by atomic mass is 9.72. The van der Waals surface area contributed by atoms with Crippen LogP contribution < -0.4 is 10.5 Å². The monoisotopic (exact) mass is 398 g/mol. The van der Waals surface area contributed by atoms with E-state index in [1.807, 2.05) is 0 Å². The van der Waals surface area contributed by atoms with Crippen LogP contribution in [0.1, 0.15) is 61.7 Å². The molecule has 0 unspecified atom stereocenters. The summed E-state index contributed by atoms with van der Waals surface area (Å²) in [6.07, 6.45) is 8.63. The predicted molar refractivity (Wildman–Crippen MR) is 99.6 cm³/mol. The van der Waals surface area contributed by atoms with E-state index in [0.717, 1.165) is 30.0 Å². The van der Waals surface area contributed by atoms with E-state index in [2.05, 4.69) is 0 Å². The fraction of sp³-hybridized carbons (Fsp3) is 0.632. The van der Waals surface area contributed by atoms with Crippen molar-refractivity contribution in [3.63, 3.8) is 0 Å². The smallest absolute Gasteiger partial charge is 0.251 e. The number of benzene rings is 1. The average molecular weight is 399 g/mol. The molecule has 2 N–H and O–H groups in total. The number of ether oxygens (including phenoxy) is 1. The molecular formula is C19H27FN2O4S. The SMILES string of the molecule is CN(C)S(=O)(=O)c1c(OC2CCC3(CCCC3)CC2)ccc(C(N)=O)c1F. The van der Waals surface area contributed by atoms with Crippen molar-refractivity contribution in [3.8, 4) is 5.75 Å². The Bertz CT molecular complexity index is 822. The van der Waals surface area contributed by atoms with Gasteiger partial charge in [-0.25, -0.2) is 17.1 Å². The third-order valence-corrected chi connectivity index (χ3v) is 7.87. The maximum atomic E-state index is 14.8.